The van der Waals surface area contributed by atoms with Crippen molar-refractivity contribution >= 4 is 28.8 Å². The Labute approximate surface area is 157 Å². The van der Waals surface area contributed by atoms with Crippen molar-refractivity contribution in [1.82, 2.24) is 15.0 Å². The third-order valence-corrected chi connectivity index (χ3v) is 4.89. The SMILES string of the molecule is COC(=O)c1ccc(CSc2nc3c(-c4ccccc4)c[nH]c3c(=O)[nH]2)o1. The highest BCUT2D eigenvalue weighted by molar-refractivity contribution is 7.98. The van der Waals surface area contributed by atoms with Crippen LogP contribution in [0.25, 0.3) is 22.2 Å². The molecule has 0 amide bonds. The van der Waals surface area contributed by atoms with Gasteiger partial charge in [0.1, 0.15) is 16.8 Å². The first-order valence-corrected chi connectivity index (χ1v) is 9.11. The molecule has 3 aromatic heterocycles. The predicted molar refractivity (Wildman–Crippen MR) is 102 cm³/mol. The molecule has 4 rings (SSSR count). The summed E-state index contributed by atoms with van der Waals surface area (Å²) >= 11 is 1.32. The van der Waals surface area contributed by atoms with Crippen LogP contribution in [0, 0.1) is 0 Å². The summed E-state index contributed by atoms with van der Waals surface area (Å²) in [6.07, 6.45) is 1.78. The molecule has 0 unspecified atom stereocenters. The topological polar surface area (TPSA) is 101 Å². The largest absolute Gasteiger partial charge is 0.463 e. The maximum atomic E-state index is 12.4. The van der Waals surface area contributed by atoms with E-state index in [4.69, 9.17) is 4.42 Å². The summed E-state index contributed by atoms with van der Waals surface area (Å²) in [5, 5.41) is 0.472. The van der Waals surface area contributed by atoms with Crippen LogP contribution >= 0.6 is 11.8 Å². The fraction of sp³-hybridized carbons (Fsp3) is 0.105. The maximum Gasteiger partial charge on any atom is 0.373 e. The Hall–Kier alpha value is -3.26. The molecular formula is C19H15N3O4S. The van der Waals surface area contributed by atoms with Gasteiger partial charge in [-0.2, -0.15) is 0 Å². The minimum Gasteiger partial charge on any atom is -0.463 e. The Morgan fingerprint density at radius 3 is 2.81 bits per heavy atom. The van der Waals surface area contributed by atoms with Crippen molar-refractivity contribution in [2.75, 3.05) is 7.11 Å². The maximum absolute atomic E-state index is 12.4. The summed E-state index contributed by atoms with van der Waals surface area (Å²) in [6, 6.07) is 13.0. The van der Waals surface area contributed by atoms with E-state index < -0.39 is 5.97 Å². The van der Waals surface area contributed by atoms with Crippen LogP contribution < -0.4 is 5.56 Å². The number of nitrogens with zero attached hydrogens (tertiary/aromatic N) is 1. The Morgan fingerprint density at radius 1 is 1.22 bits per heavy atom. The number of furan rings is 1. The molecule has 0 spiro atoms. The van der Waals surface area contributed by atoms with Gasteiger partial charge in [-0.25, -0.2) is 9.78 Å². The molecule has 0 aliphatic rings. The van der Waals surface area contributed by atoms with Crippen molar-refractivity contribution in [2.24, 2.45) is 0 Å². The molecule has 0 bridgehead atoms. The lowest BCUT2D eigenvalue weighted by molar-refractivity contribution is 0.0563. The summed E-state index contributed by atoms with van der Waals surface area (Å²) in [5.41, 5.74) is 2.65. The summed E-state index contributed by atoms with van der Waals surface area (Å²) in [5.74, 6) is 0.609. The standard InChI is InChI=1S/C19H15N3O4S/c1-25-18(24)14-8-7-12(26-14)10-27-19-21-15-13(11-5-3-2-4-6-11)9-20-16(15)17(23)22-19/h2-9,20H,10H2,1H3,(H,21,22,23). The van der Waals surface area contributed by atoms with Crippen LogP contribution in [0.3, 0.4) is 0 Å². The van der Waals surface area contributed by atoms with Gasteiger partial charge in [-0.3, -0.25) is 9.78 Å². The number of carbonyl (C=O) groups is 1. The first-order valence-electron chi connectivity index (χ1n) is 8.12. The van der Waals surface area contributed by atoms with Crippen LogP contribution in [-0.2, 0) is 10.5 Å². The zero-order chi connectivity index (χ0) is 18.8. The van der Waals surface area contributed by atoms with E-state index in [9.17, 15) is 9.59 Å². The number of carbonyl (C=O) groups excluding carboxylic acids is 1. The number of fused-ring (bicyclic) bond motifs is 1. The quantitative estimate of drug-likeness (QED) is 0.311. The van der Waals surface area contributed by atoms with Crippen molar-refractivity contribution in [1.29, 1.82) is 0 Å². The molecule has 136 valence electrons. The zero-order valence-electron chi connectivity index (χ0n) is 14.3. The Bertz CT molecular complexity index is 1160. The summed E-state index contributed by atoms with van der Waals surface area (Å²) < 4.78 is 10.1. The van der Waals surface area contributed by atoms with E-state index in [0.29, 0.717) is 27.7 Å². The van der Waals surface area contributed by atoms with E-state index in [1.807, 2.05) is 30.3 Å². The number of H-pyrrole nitrogens is 2. The molecule has 27 heavy (non-hydrogen) atoms. The van der Waals surface area contributed by atoms with Gasteiger partial charge in [0.05, 0.1) is 12.9 Å². The van der Waals surface area contributed by atoms with Crippen LogP contribution in [0.4, 0.5) is 0 Å². The average molecular weight is 381 g/mol. The number of aromatic amines is 2. The molecule has 2 N–H and O–H groups in total. The molecule has 8 heteroatoms. The Kier molecular flexibility index (Phi) is 4.55. The number of ether oxygens (including phenoxy) is 1. The van der Waals surface area contributed by atoms with Crippen molar-refractivity contribution < 1.29 is 13.9 Å². The molecule has 0 atom stereocenters. The van der Waals surface area contributed by atoms with E-state index >= 15 is 0 Å². The molecule has 0 fully saturated rings. The molecule has 0 saturated heterocycles. The second-order valence-electron chi connectivity index (χ2n) is 5.71. The van der Waals surface area contributed by atoms with E-state index in [1.54, 1.807) is 18.3 Å². The number of aromatic nitrogens is 3. The van der Waals surface area contributed by atoms with Crippen molar-refractivity contribution in [3.63, 3.8) is 0 Å². The lowest BCUT2D eigenvalue weighted by Gasteiger charge is -2.02. The van der Waals surface area contributed by atoms with Gasteiger partial charge in [0, 0.05) is 11.8 Å². The normalized spacial score (nSPS) is 11.0. The highest BCUT2D eigenvalue weighted by Gasteiger charge is 2.14. The monoisotopic (exact) mass is 381 g/mol. The van der Waals surface area contributed by atoms with Crippen molar-refractivity contribution in [3.05, 3.63) is 70.5 Å². The number of nitrogens with one attached hydrogen (secondary N) is 2. The lowest BCUT2D eigenvalue weighted by Crippen LogP contribution is -2.09. The van der Waals surface area contributed by atoms with Crippen LogP contribution in [0.5, 0.6) is 0 Å². The molecule has 3 heterocycles. The van der Waals surface area contributed by atoms with Crippen molar-refractivity contribution in [2.45, 2.75) is 10.9 Å². The number of methoxy groups -OCH3 is 1. The van der Waals surface area contributed by atoms with Gasteiger partial charge in [0.25, 0.3) is 5.56 Å². The first-order chi connectivity index (χ1) is 13.2. The van der Waals surface area contributed by atoms with E-state index in [-0.39, 0.29) is 11.3 Å². The summed E-state index contributed by atoms with van der Waals surface area (Å²) in [6.45, 7) is 0. The van der Waals surface area contributed by atoms with Crippen LogP contribution in [0.2, 0.25) is 0 Å². The highest BCUT2D eigenvalue weighted by atomic mass is 32.2. The molecule has 4 aromatic rings. The lowest BCUT2D eigenvalue weighted by atomic mass is 10.1. The van der Waals surface area contributed by atoms with Gasteiger partial charge < -0.3 is 14.1 Å². The fourth-order valence-electron chi connectivity index (χ4n) is 2.71. The van der Waals surface area contributed by atoms with Crippen LogP contribution in [0.15, 0.2) is 63.0 Å². The molecule has 0 saturated carbocycles. The first kappa shape index (κ1) is 17.2. The molecule has 1 aromatic carbocycles. The van der Waals surface area contributed by atoms with Gasteiger partial charge in [-0.05, 0) is 17.7 Å². The van der Waals surface area contributed by atoms with Crippen LogP contribution in [-0.4, -0.2) is 28.0 Å². The minimum atomic E-state index is -0.529. The van der Waals surface area contributed by atoms with E-state index in [2.05, 4.69) is 19.7 Å². The van der Waals surface area contributed by atoms with E-state index in [1.165, 1.54) is 18.9 Å². The zero-order valence-corrected chi connectivity index (χ0v) is 15.1. The van der Waals surface area contributed by atoms with Crippen molar-refractivity contribution in [3.8, 4) is 11.1 Å². The number of hydrogen-bond acceptors (Lipinski definition) is 6. The van der Waals surface area contributed by atoms with Gasteiger partial charge in [-0.1, -0.05) is 42.1 Å². The highest BCUT2D eigenvalue weighted by Crippen LogP contribution is 2.27. The smallest absolute Gasteiger partial charge is 0.373 e. The molecule has 0 aliphatic carbocycles. The summed E-state index contributed by atoms with van der Waals surface area (Å²) in [4.78, 5) is 34.2. The second kappa shape index (κ2) is 7.16. The Morgan fingerprint density at radius 2 is 2.04 bits per heavy atom. The van der Waals surface area contributed by atoms with Gasteiger partial charge in [-0.15, -0.1) is 0 Å². The second-order valence-corrected chi connectivity index (χ2v) is 6.67. The molecular weight excluding hydrogens is 366 g/mol. The van der Waals surface area contributed by atoms with E-state index in [0.717, 1.165) is 11.1 Å². The molecule has 0 aliphatic heterocycles. The number of hydrogen-bond donors (Lipinski definition) is 2. The predicted octanol–water partition coefficient (Wildman–Crippen LogP) is 3.59. The Balaban J connectivity index is 1.62. The van der Waals surface area contributed by atoms with Gasteiger partial charge >= 0.3 is 5.97 Å². The van der Waals surface area contributed by atoms with Gasteiger partial charge in [0.2, 0.25) is 5.76 Å². The molecule has 0 radical (unpaired) electrons. The summed E-state index contributed by atoms with van der Waals surface area (Å²) in [7, 11) is 1.30. The van der Waals surface area contributed by atoms with Crippen LogP contribution in [0.1, 0.15) is 16.3 Å². The number of esters is 1. The fourth-order valence-corrected chi connectivity index (χ4v) is 3.46. The third kappa shape index (κ3) is 3.39. The number of benzene rings is 1. The minimum absolute atomic E-state index is 0.141. The van der Waals surface area contributed by atoms with Gasteiger partial charge in [0.15, 0.2) is 5.16 Å². The third-order valence-electron chi connectivity index (χ3n) is 4.00. The average Bonchev–Trinajstić information content (AvgIpc) is 3.34. The number of thioether (sulfide) groups is 1. The number of rotatable bonds is 5. The molecule has 7 nitrogen and oxygen atoms in total.